The fourth-order valence-corrected chi connectivity index (χ4v) is 2.06. The highest BCUT2D eigenvalue weighted by atomic mass is 79.9. The number of hydrogen-bond acceptors (Lipinski definition) is 2. The van der Waals surface area contributed by atoms with Crippen molar-refractivity contribution in [3.63, 3.8) is 0 Å². The van der Waals surface area contributed by atoms with Gasteiger partial charge in [-0.2, -0.15) is 13.2 Å². The van der Waals surface area contributed by atoms with E-state index in [0.717, 1.165) is 4.47 Å². The maximum Gasteiger partial charge on any atom is 0.471 e. The van der Waals surface area contributed by atoms with Crippen LogP contribution in [0.4, 0.5) is 18.9 Å². The molecular weight excluding hydrogens is 389 g/mol. The Bertz CT molecular complexity index is 728. The molecule has 2 N–H and O–H groups in total. The van der Waals surface area contributed by atoms with Gasteiger partial charge in [0, 0.05) is 22.3 Å². The highest BCUT2D eigenvalue weighted by Crippen LogP contribution is 2.16. The minimum Gasteiger partial charge on any atom is -0.344 e. The Kier molecular flexibility index (Phi) is 5.61. The highest BCUT2D eigenvalue weighted by molar-refractivity contribution is 9.10. The number of benzene rings is 2. The van der Waals surface area contributed by atoms with E-state index in [4.69, 9.17) is 0 Å². The van der Waals surface area contributed by atoms with Gasteiger partial charge in [0.05, 0.1) is 0 Å². The van der Waals surface area contributed by atoms with Crippen LogP contribution in [0.1, 0.15) is 15.9 Å². The van der Waals surface area contributed by atoms with Crippen LogP contribution in [-0.2, 0) is 11.3 Å². The summed E-state index contributed by atoms with van der Waals surface area (Å²) in [6, 6.07) is 12.9. The Labute approximate surface area is 144 Å². The highest BCUT2D eigenvalue weighted by Gasteiger charge is 2.38. The van der Waals surface area contributed by atoms with Crippen molar-refractivity contribution < 1.29 is 22.8 Å². The zero-order valence-corrected chi connectivity index (χ0v) is 13.7. The van der Waals surface area contributed by atoms with Crippen molar-refractivity contribution in [2.75, 3.05) is 5.32 Å². The number of anilines is 1. The maximum atomic E-state index is 12.1. The summed E-state index contributed by atoms with van der Waals surface area (Å²) in [6.45, 7) is -0.251. The van der Waals surface area contributed by atoms with Gasteiger partial charge < -0.3 is 10.6 Å². The van der Waals surface area contributed by atoms with Crippen molar-refractivity contribution in [3.05, 3.63) is 64.1 Å². The van der Waals surface area contributed by atoms with E-state index >= 15 is 0 Å². The summed E-state index contributed by atoms with van der Waals surface area (Å²) in [5.41, 5.74) is 1.45. The van der Waals surface area contributed by atoms with Crippen molar-refractivity contribution >= 4 is 33.4 Å². The van der Waals surface area contributed by atoms with Gasteiger partial charge in [0.2, 0.25) is 0 Å². The Morgan fingerprint density at radius 1 is 0.958 bits per heavy atom. The van der Waals surface area contributed by atoms with Crippen molar-refractivity contribution in [1.82, 2.24) is 5.32 Å². The molecule has 0 aromatic heterocycles. The molecule has 0 saturated heterocycles. The summed E-state index contributed by atoms with van der Waals surface area (Å²) in [5.74, 6) is -2.30. The normalized spacial score (nSPS) is 11.0. The number of rotatable bonds is 4. The zero-order valence-electron chi connectivity index (χ0n) is 12.2. The number of carbonyl (C=O) groups excluding carboxylic acids is 2. The summed E-state index contributed by atoms with van der Waals surface area (Å²) >= 11 is 3.27. The first kappa shape index (κ1) is 18.0. The molecule has 2 aromatic carbocycles. The van der Waals surface area contributed by atoms with Crippen LogP contribution in [0.25, 0.3) is 0 Å². The van der Waals surface area contributed by atoms with Gasteiger partial charge in [0.25, 0.3) is 5.91 Å². The molecule has 0 fully saturated rings. The number of carbonyl (C=O) groups is 2. The average Bonchev–Trinajstić information content (AvgIpc) is 2.53. The first-order valence-electron chi connectivity index (χ1n) is 6.76. The minimum absolute atomic E-state index is 0.251. The van der Waals surface area contributed by atoms with Gasteiger partial charge in [-0.1, -0.05) is 28.1 Å². The Hall–Kier alpha value is -2.35. The van der Waals surface area contributed by atoms with Gasteiger partial charge in [-0.05, 0) is 42.0 Å². The van der Waals surface area contributed by atoms with E-state index < -0.39 is 12.1 Å². The van der Waals surface area contributed by atoms with Crippen LogP contribution in [0.15, 0.2) is 53.0 Å². The van der Waals surface area contributed by atoms with E-state index in [1.807, 2.05) is 0 Å². The standard InChI is InChI=1S/C16H12BrF3N2O2/c17-12-5-3-11(4-6-12)14(23)22-13-7-1-10(2-8-13)9-21-15(24)16(18,19)20/h1-8H,9H2,(H,21,24)(H,22,23). The van der Waals surface area contributed by atoms with Crippen molar-refractivity contribution in [3.8, 4) is 0 Å². The summed E-state index contributed by atoms with van der Waals surface area (Å²) in [7, 11) is 0. The van der Waals surface area contributed by atoms with Crippen LogP contribution in [0.3, 0.4) is 0 Å². The summed E-state index contributed by atoms with van der Waals surface area (Å²) in [4.78, 5) is 22.8. The van der Waals surface area contributed by atoms with E-state index in [1.54, 1.807) is 41.7 Å². The van der Waals surface area contributed by atoms with Gasteiger partial charge in [0.15, 0.2) is 0 Å². The number of halogens is 4. The molecule has 2 amide bonds. The third-order valence-electron chi connectivity index (χ3n) is 3.03. The third kappa shape index (κ3) is 5.09. The first-order chi connectivity index (χ1) is 11.3. The molecule has 0 saturated carbocycles. The van der Waals surface area contributed by atoms with Gasteiger partial charge in [-0.3, -0.25) is 9.59 Å². The molecule has 0 aliphatic carbocycles. The van der Waals surface area contributed by atoms with E-state index in [9.17, 15) is 22.8 Å². The lowest BCUT2D eigenvalue weighted by atomic mass is 10.2. The lowest BCUT2D eigenvalue weighted by Crippen LogP contribution is -2.36. The molecule has 126 valence electrons. The van der Waals surface area contributed by atoms with Crippen LogP contribution >= 0.6 is 15.9 Å². The fraction of sp³-hybridized carbons (Fsp3) is 0.125. The van der Waals surface area contributed by atoms with E-state index in [1.165, 1.54) is 12.1 Å². The van der Waals surface area contributed by atoms with Crippen LogP contribution in [0.2, 0.25) is 0 Å². The van der Waals surface area contributed by atoms with Crippen LogP contribution in [0, 0.1) is 0 Å². The molecule has 2 rings (SSSR count). The van der Waals surface area contributed by atoms with Crippen molar-refractivity contribution in [1.29, 1.82) is 0 Å². The molecule has 0 aliphatic rings. The van der Waals surface area contributed by atoms with Gasteiger partial charge in [-0.15, -0.1) is 0 Å². The fourth-order valence-electron chi connectivity index (χ4n) is 1.79. The molecule has 4 nitrogen and oxygen atoms in total. The summed E-state index contributed by atoms with van der Waals surface area (Å²) in [6.07, 6.45) is -4.90. The minimum atomic E-state index is -4.90. The second kappa shape index (κ2) is 7.48. The maximum absolute atomic E-state index is 12.1. The van der Waals surface area contributed by atoms with Crippen LogP contribution in [0.5, 0.6) is 0 Å². The zero-order chi connectivity index (χ0) is 17.7. The Balaban J connectivity index is 1.93. The summed E-state index contributed by atoms with van der Waals surface area (Å²) in [5, 5.41) is 4.45. The first-order valence-corrected chi connectivity index (χ1v) is 7.56. The molecule has 0 bridgehead atoms. The molecule has 0 radical (unpaired) electrons. The Morgan fingerprint density at radius 2 is 1.54 bits per heavy atom. The lowest BCUT2D eigenvalue weighted by Gasteiger charge is -2.09. The van der Waals surface area contributed by atoms with E-state index in [0.29, 0.717) is 16.8 Å². The van der Waals surface area contributed by atoms with Crippen molar-refractivity contribution in [2.24, 2.45) is 0 Å². The second-order valence-corrected chi connectivity index (χ2v) is 5.75. The van der Waals surface area contributed by atoms with Gasteiger partial charge in [0.1, 0.15) is 0 Å². The molecule has 0 aliphatic heterocycles. The Morgan fingerprint density at radius 3 is 2.08 bits per heavy atom. The van der Waals surface area contributed by atoms with E-state index in [-0.39, 0.29) is 12.5 Å². The average molecular weight is 401 g/mol. The van der Waals surface area contributed by atoms with Crippen LogP contribution in [-0.4, -0.2) is 18.0 Å². The van der Waals surface area contributed by atoms with Gasteiger partial charge >= 0.3 is 12.1 Å². The molecule has 2 aromatic rings. The monoisotopic (exact) mass is 400 g/mol. The van der Waals surface area contributed by atoms with E-state index in [2.05, 4.69) is 21.2 Å². The lowest BCUT2D eigenvalue weighted by molar-refractivity contribution is -0.173. The predicted octanol–water partition coefficient (Wildman–Crippen LogP) is 3.88. The largest absolute Gasteiger partial charge is 0.471 e. The molecule has 0 spiro atoms. The summed E-state index contributed by atoms with van der Waals surface area (Å²) < 4.78 is 37.1. The molecule has 8 heteroatoms. The molecule has 0 unspecified atom stereocenters. The quantitative estimate of drug-likeness (QED) is 0.817. The molecule has 0 heterocycles. The van der Waals surface area contributed by atoms with Gasteiger partial charge in [-0.25, -0.2) is 0 Å². The third-order valence-corrected chi connectivity index (χ3v) is 3.56. The molecule has 24 heavy (non-hydrogen) atoms. The number of nitrogens with one attached hydrogen (secondary N) is 2. The smallest absolute Gasteiger partial charge is 0.344 e. The van der Waals surface area contributed by atoms with Crippen molar-refractivity contribution in [2.45, 2.75) is 12.7 Å². The number of alkyl halides is 3. The number of amides is 2. The molecule has 0 atom stereocenters. The van der Waals surface area contributed by atoms with Crippen LogP contribution < -0.4 is 10.6 Å². The topological polar surface area (TPSA) is 58.2 Å². The predicted molar refractivity (Wildman–Crippen MR) is 86.4 cm³/mol. The number of hydrogen-bond donors (Lipinski definition) is 2. The SMILES string of the molecule is O=C(Nc1ccc(CNC(=O)C(F)(F)F)cc1)c1ccc(Br)cc1. The molecular formula is C16H12BrF3N2O2. The second-order valence-electron chi connectivity index (χ2n) is 4.84.